The number of halogens is 1. The van der Waals surface area contributed by atoms with Gasteiger partial charge in [0.05, 0.1) is 12.0 Å². The van der Waals surface area contributed by atoms with Crippen LogP contribution in [0.2, 0.25) is 0 Å². The average Bonchev–Trinajstić information content (AvgIpc) is 3.22. The van der Waals surface area contributed by atoms with Crippen molar-refractivity contribution >= 4 is 10.0 Å². The summed E-state index contributed by atoms with van der Waals surface area (Å²) in [6, 6.07) is 13.6. The lowest BCUT2D eigenvalue weighted by Crippen LogP contribution is -2.33. The zero-order valence-electron chi connectivity index (χ0n) is 15.2. The molecule has 0 N–H and O–H groups in total. The van der Waals surface area contributed by atoms with Gasteiger partial charge in [-0.05, 0) is 41.7 Å². The predicted octanol–water partition coefficient (Wildman–Crippen LogP) is 2.59. The lowest BCUT2D eigenvalue weighted by atomic mass is 10.0. The van der Waals surface area contributed by atoms with Gasteiger partial charge in [0.2, 0.25) is 10.0 Å². The second-order valence-corrected chi connectivity index (χ2v) is 9.26. The van der Waals surface area contributed by atoms with Crippen LogP contribution < -0.4 is 4.74 Å². The van der Waals surface area contributed by atoms with Crippen molar-refractivity contribution < 1.29 is 17.5 Å². The van der Waals surface area contributed by atoms with Crippen LogP contribution in [0.1, 0.15) is 5.56 Å². The Balaban J connectivity index is 1.39. The topological polar surface area (TPSA) is 49.9 Å². The molecule has 5 nitrogen and oxygen atoms in total. The maximum absolute atomic E-state index is 13.9. The fourth-order valence-electron chi connectivity index (χ4n) is 4.18. The molecule has 0 unspecified atom stereocenters. The minimum Gasteiger partial charge on any atom is -0.494 e. The Kier molecular flexibility index (Phi) is 4.92. The predicted molar refractivity (Wildman–Crippen MR) is 100 cm³/mol. The molecule has 2 saturated heterocycles. The minimum absolute atomic E-state index is 0.249. The number of fused-ring (bicyclic) bond motifs is 1. The number of likely N-dealkylation sites (tertiary alicyclic amines) is 1. The van der Waals surface area contributed by atoms with E-state index >= 15 is 0 Å². The standard InChI is InChI=1S/C20H23FN2O3S/c1-26-20-8-7-15(9-19(20)21)10-22-11-16-13-23(14-17(16)12-22)27(24,25)18-5-3-2-4-6-18/h2-9,16-17H,10-14H2,1H3/t16-,17-/m1/s1. The molecule has 2 aliphatic rings. The first-order chi connectivity index (χ1) is 13.0. The van der Waals surface area contributed by atoms with E-state index in [0.29, 0.717) is 36.4 Å². The lowest BCUT2D eigenvalue weighted by molar-refractivity contribution is 0.289. The van der Waals surface area contributed by atoms with E-state index in [1.807, 2.05) is 12.1 Å². The minimum atomic E-state index is -3.42. The molecule has 0 aliphatic carbocycles. The molecular formula is C20H23FN2O3S. The first-order valence-corrected chi connectivity index (χ1v) is 10.5. The van der Waals surface area contributed by atoms with E-state index in [2.05, 4.69) is 4.90 Å². The number of hydrogen-bond donors (Lipinski definition) is 0. The van der Waals surface area contributed by atoms with Crippen molar-refractivity contribution in [1.82, 2.24) is 9.21 Å². The third-order valence-electron chi connectivity index (χ3n) is 5.53. The summed E-state index contributed by atoms with van der Waals surface area (Å²) in [6.45, 7) is 3.43. The SMILES string of the molecule is COc1ccc(CN2C[C@@H]3CN(S(=O)(=O)c4ccccc4)C[C@H]3C2)cc1F. The van der Waals surface area contributed by atoms with E-state index in [1.165, 1.54) is 13.2 Å². The van der Waals surface area contributed by atoms with Gasteiger partial charge in [-0.1, -0.05) is 24.3 Å². The van der Waals surface area contributed by atoms with Crippen molar-refractivity contribution in [2.24, 2.45) is 11.8 Å². The van der Waals surface area contributed by atoms with Gasteiger partial charge in [-0.2, -0.15) is 4.31 Å². The van der Waals surface area contributed by atoms with Crippen molar-refractivity contribution in [2.45, 2.75) is 11.4 Å². The molecule has 0 spiro atoms. The maximum Gasteiger partial charge on any atom is 0.243 e. The number of sulfonamides is 1. The van der Waals surface area contributed by atoms with E-state index in [1.54, 1.807) is 34.6 Å². The summed E-state index contributed by atoms with van der Waals surface area (Å²) >= 11 is 0. The smallest absolute Gasteiger partial charge is 0.243 e. The van der Waals surface area contributed by atoms with Gasteiger partial charge in [-0.15, -0.1) is 0 Å². The number of methoxy groups -OCH3 is 1. The van der Waals surface area contributed by atoms with Gasteiger partial charge in [-0.3, -0.25) is 4.90 Å². The maximum atomic E-state index is 13.9. The van der Waals surface area contributed by atoms with Crippen molar-refractivity contribution in [1.29, 1.82) is 0 Å². The molecule has 2 fully saturated rings. The first kappa shape index (κ1) is 18.4. The van der Waals surface area contributed by atoms with E-state index in [4.69, 9.17) is 4.74 Å². The summed E-state index contributed by atoms with van der Waals surface area (Å²) < 4.78 is 46.0. The third kappa shape index (κ3) is 3.59. The Hall–Kier alpha value is -1.96. The normalized spacial score (nSPS) is 23.5. The van der Waals surface area contributed by atoms with Crippen molar-refractivity contribution in [3.8, 4) is 5.75 Å². The molecule has 0 radical (unpaired) electrons. The van der Waals surface area contributed by atoms with Crippen LogP contribution in [-0.2, 0) is 16.6 Å². The highest BCUT2D eigenvalue weighted by molar-refractivity contribution is 7.89. The molecule has 2 aromatic rings. The van der Waals surface area contributed by atoms with Gasteiger partial charge in [0.1, 0.15) is 0 Å². The molecule has 0 saturated carbocycles. The molecule has 0 bridgehead atoms. The Morgan fingerprint density at radius 1 is 1.04 bits per heavy atom. The van der Waals surface area contributed by atoms with Crippen molar-refractivity contribution in [3.05, 3.63) is 59.9 Å². The summed E-state index contributed by atoms with van der Waals surface area (Å²) in [5, 5.41) is 0. The number of ether oxygens (including phenoxy) is 1. The highest BCUT2D eigenvalue weighted by atomic mass is 32.2. The average molecular weight is 390 g/mol. The summed E-state index contributed by atoms with van der Waals surface area (Å²) in [4.78, 5) is 2.64. The largest absolute Gasteiger partial charge is 0.494 e. The Bertz CT molecular complexity index is 906. The van der Waals surface area contributed by atoms with Gasteiger partial charge in [0.15, 0.2) is 11.6 Å². The Labute approximate surface area is 159 Å². The summed E-state index contributed by atoms with van der Waals surface area (Å²) in [6.07, 6.45) is 0. The highest BCUT2D eigenvalue weighted by Crippen LogP contribution is 2.35. The van der Waals surface area contributed by atoms with Crippen LogP contribution in [0.5, 0.6) is 5.75 Å². The zero-order chi connectivity index (χ0) is 19.0. The Morgan fingerprint density at radius 2 is 1.70 bits per heavy atom. The Morgan fingerprint density at radius 3 is 2.30 bits per heavy atom. The van der Waals surface area contributed by atoms with Gasteiger partial charge in [-0.25, -0.2) is 12.8 Å². The van der Waals surface area contributed by atoms with Gasteiger partial charge >= 0.3 is 0 Å². The van der Waals surface area contributed by atoms with E-state index in [-0.39, 0.29) is 11.6 Å². The molecule has 2 heterocycles. The fourth-order valence-corrected chi connectivity index (χ4v) is 5.76. The summed E-state index contributed by atoms with van der Waals surface area (Å²) in [5.74, 6) is 0.548. The molecule has 27 heavy (non-hydrogen) atoms. The number of nitrogens with zero attached hydrogens (tertiary/aromatic N) is 2. The summed E-state index contributed by atoms with van der Waals surface area (Å²) in [5.41, 5.74) is 0.905. The van der Waals surface area contributed by atoms with E-state index in [9.17, 15) is 12.8 Å². The number of benzene rings is 2. The second kappa shape index (κ2) is 7.22. The van der Waals surface area contributed by atoms with Crippen LogP contribution >= 0.6 is 0 Å². The molecule has 4 rings (SSSR count). The molecule has 144 valence electrons. The highest BCUT2D eigenvalue weighted by Gasteiger charge is 2.44. The fraction of sp³-hybridized carbons (Fsp3) is 0.400. The van der Waals surface area contributed by atoms with Gasteiger partial charge < -0.3 is 4.74 Å². The van der Waals surface area contributed by atoms with Crippen LogP contribution in [0.25, 0.3) is 0 Å². The monoisotopic (exact) mass is 390 g/mol. The van der Waals surface area contributed by atoms with E-state index < -0.39 is 10.0 Å². The van der Waals surface area contributed by atoms with Crippen LogP contribution in [-0.4, -0.2) is 50.9 Å². The van der Waals surface area contributed by atoms with Gasteiger partial charge in [0.25, 0.3) is 0 Å². The van der Waals surface area contributed by atoms with Crippen LogP contribution in [0.3, 0.4) is 0 Å². The number of hydrogen-bond acceptors (Lipinski definition) is 4. The third-order valence-corrected chi connectivity index (χ3v) is 7.38. The quantitative estimate of drug-likeness (QED) is 0.788. The molecule has 2 atom stereocenters. The van der Waals surface area contributed by atoms with Crippen molar-refractivity contribution in [2.75, 3.05) is 33.3 Å². The molecule has 0 aromatic heterocycles. The van der Waals surface area contributed by atoms with E-state index in [0.717, 1.165) is 18.7 Å². The van der Waals surface area contributed by atoms with Crippen LogP contribution in [0.15, 0.2) is 53.4 Å². The first-order valence-electron chi connectivity index (χ1n) is 9.07. The molecule has 0 amide bonds. The lowest BCUT2D eigenvalue weighted by Gasteiger charge is -2.21. The van der Waals surface area contributed by atoms with Crippen LogP contribution in [0.4, 0.5) is 4.39 Å². The second-order valence-electron chi connectivity index (χ2n) is 7.32. The molecular weight excluding hydrogens is 367 g/mol. The van der Waals surface area contributed by atoms with Crippen molar-refractivity contribution in [3.63, 3.8) is 0 Å². The molecule has 7 heteroatoms. The number of rotatable bonds is 5. The van der Waals surface area contributed by atoms with Crippen LogP contribution in [0, 0.1) is 17.7 Å². The molecule has 2 aliphatic heterocycles. The molecule has 2 aromatic carbocycles. The zero-order valence-corrected chi connectivity index (χ0v) is 16.0. The van der Waals surface area contributed by atoms with Gasteiger partial charge in [0, 0.05) is 32.7 Å². The summed E-state index contributed by atoms with van der Waals surface area (Å²) in [7, 11) is -1.97.